The molecule has 26 heavy (non-hydrogen) atoms. The Balaban J connectivity index is 1.46. The number of nitrogens with zero attached hydrogens (tertiary/aromatic N) is 5. The minimum Gasteiger partial charge on any atom is -0.387 e. The first-order valence-electron chi connectivity index (χ1n) is 9.20. The number of fused-ring (bicyclic) bond motifs is 1. The molecule has 6 nitrogen and oxygen atoms in total. The summed E-state index contributed by atoms with van der Waals surface area (Å²) in [4.78, 5) is 2.46. The van der Waals surface area contributed by atoms with Gasteiger partial charge in [-0.05, 0) is 36.6 Å². The molecule has 1 N–H and O–H groups in total. The SMILES string of the molecule is C[C@@H](O)c1cc2n(n1)CCCN(Cc1cccc(Cn3cccn3)c1)C2. The Morgan fingerprint density at radius 1 is 1.12 bits per heavy atom. The average Bonchev–Trinajstić information content (AvgIpc) is 3.22. The molecule has 0 bridgehead atoms. The van der Waals surface area contributed by atoms with Gasteiger partial charge in [0.05, 0.1) is 24.0 Å². The van der Waals surface area contributed by atoms with Crippen molar-refractivity contribution in [3.8, 4) is 0 Å². The lowest BCUT2D eigenvalue weighted by atomic mass is 10.1. The molecule has 0 amide bonds. The number of aliphatic hydroxyl groups is 1. The number of aryl methyl sites for hydroxylation is 1. The fraction of sp³-hybridized carbons (Fsp3) is 0.400. The van der Waals surface area contributed by atoms with Crippen LogP contribution in [-0.2, 0) is 26.2 Å². The molecule has 3 heterocycles. The Kier molecular flexibility index (Phi) is 4.86. The second-order valence-electron chi connectivity index (χ2n) is 7.05. The maximum atomic E-state index is 9.78. The van der Waals surface area contributed by atoms with Crippen LogP contribution >= 0.6 is 0 Å². The number of aromatic nitrogens is 4. The van der Waals surface area contributed by atoms with Gasteiger partial charge < -0.3 is 5.11 Å². The highest BCUT2D eigenvalue weighted by Crippen LogP contribution is 2.19. The van der Waals surface area contributed by atoms with E-state index in [0.29, 0.717) is 0 Å². The quantitative estimate of drug-likeness (QED) is 0.768. The summed E-state index contributed by atoms with van der Waals surface area (Å²) in [5, 5.41) is 18.6. The van der Waals surface area contributed by atoms with Gasteiger partial charge >= 0.3 is 0 Å². The van der Waals surface area contributed by atoms with E-state index in [0.717, 1.165) is 44.8 Å². The van der Waals surface area contributed by atoms with E-state index >= 15 is 0 Å². The van der Waals surface area contributed by atoms with Gasteiger partial charge in [0.25, 0.3) is 0 Å². The van der Waals surface area contributed by atoms with Crippen LogP contribution in [-0.4, -0.2) is 36.1 Å². The summed E-state index contributed by atoms with van der Waals surface area (Å²) in [5.74, 6) is 0. The molecule has 1 aromatic carbocycles. The maximum Gasteiger partial charge on any atom is 0.0950 e. The molecular formula is C20H25N5O. The smallest absolute Gasteiger partial charge is 0.0950 e. The fourth-order valence-electron chi connectivity index (χ4n) is 3.56. The molecule has 0 radical (unpaired) electrons. The molecule has 1 atom stereocenters. The normalized spacial score (nSPS) is 16.2. The highest BCUT2D eigenvalue weighted by molar-refractivity contribution is 5.24. The van der Waals surface area contributed by atoms with E-state index in [1.165, 1.54) is 16.8 Å². The van der Waals surface area contributed by atoms with Crippen LogP contribution in [0, 0.1) is 0 Å². The lowest BCUT2D eigenvalue weighted by Crippen LogP contribution is -2.22. The van der Waals surface area contributed by atoms with Crippen molar-refractivity contribution in [2.75, 3.05) is 6.54 Å². The van der Waals surface area contributed by atoms with Gasteiger partial charge in [-0.3, -0.25) is 14.3 Å². The van der Waals surface area contributed by atoms with Crippen molar-refractivity contribution in [3.05, 3.63) is 71.3 Å². The predicted octanol–water partition coefficient (Wildman–Crippen LogP) is 2.59. The number of hydrogen-bond donors (Lipinski definition) is 1. The zero-order valence-electron chi connectivity index (χ0n) is 15.1. The van der Waals surface area contributed by atoms with Crippen molar-refractivity contribution in [3.63, 3.8) is 0 Å². The van der Waals surface area contributed by atoms with E-state index in [1.54, 1.807) is 6.92 Å². The summed E-state index contributed by atoms with van der Waals surface area (Å²) in [6, 6.07) is 12.7. The molecule has 0 saturated heterocycles. The van der Waals surface area contributed by atoms with E-state index in [9.17, 15) is 5.11 Å². The number of aliphatic hydroxyl groups excluding tert-OH is 1. The van der Waals surface area contributed by atoms with Gasteiger partial charge in [0.1, 0.15) is 0 Å². The first-order chi connectivity index (χ1) is 12.7. The molecule has 0 spiro atoms. The van der Waals surface area contributed by atoms with E-state index in [1.807, 2.05) is 29.2 Å². The number of benzene rings is 1. The third kappa shape index (κ3) is 3.86. The first kappa shape index (κ1) is 17.0. The Bertz CT molecular complexity index is 853. The first-order valence-corrected chi connectivity index (χ1v) is 9.20. The highest BCUT2D eigenvalue weighted by Gasteiger charge is 2.18. The largest absolute Gasteiger partial charge is 0.387 e. The van der Waals surface area contributed by atoms with E-state index in [2.05, 4.69) is 44.0 Å². The molecular weight excluding hydrogens is 326 g/mol. The molecule has 1 aliphatic heterocycles. The van der Waals surface area contributed by atoms with Crippen molar-refractivity contribution < 1.29 is 5.11 Å². The second-order valence-corrected chi connectivity index (χ2v) is 7.05. The van der Waals surface area contributed by atoms with Gasteiger partial charge in [-0.25, -0.2) is 0 Å². The third-order valence-electron chi connectivity index (χ3n) is 4.84. The second kappa shape index (κ2) is 7.43. The monoisotopic (exact) mass is 351 g/mol. The maximum absolute atomic E-state index is 9.78. The van der Waals surface area contributed by atoms with Crippen LogP contribution in [0.2, 0.25) is 0 Å². The zero-order valence-corrected chi connectivity index (χ0v) is 15.1. The average molecular weight is 351 g/mol. The topological polar surface area (TPSA) is 59.1 Å². The highest BCUT2D eigenvalue weighted by atomic mass is 16.3. The molecule has 1 aliphatic rings. The molecule has 0 aliphatic carbocycles. The van der Waals surface area contributed by atoms with Crippen molar-refractivity contribution in [2.24, 2.45) is 0 Å². The molecule has 136 valence electrons. The van der Waals surface area contributed by atoms with Gasteiger partial charge in [-0.1, -0.05) is 24.3 Å². The Labute approximate surface area is 153 Å². The van der Waals surface area contributed by atoms with Gasteiger partial charge in [0, 0.05) is 38.6 Å². The third-order valence-corrected chi connectivity index (χ3v) is 4.84. The lowest BCUT2D eigenvalue weighted by Gasteiger charge is -2.20. The van der Waals surface area contributed by atoms with Crippen molar-refractivity contribution >= 4 is 0 Å². The summed E-state index contributed by atoms with van der Waals surface area (Å²) in [6.45, 7) is 6.32. The Morgan fingerprint density at radius 2 is 1.96 bits per heavy atom. The minimum absolute atomic E-state index is 0.512. The van der Waals surface area contributed by atoms with Gasteiger partial charge in [-0.15, -0.1) is 0 Å². The van der Waals surface area contributed by atoms with Gasteiger partial charge in [0.15, 0.2) is 0 Å². The molecule has 0 fully saturated rings. The summed E-state index contributed by atoms with van der Waals surface area (Å²) in [7, 11) is 0. The lowest BCUT2D eigenvalue weighted by molar-refractivity contribution is 0.193. The van der Waals surface area contributed by atoms with E-state index in [-0.39, 0.29) is 0 Å². The summed E-state index contributed by atoms with van der Waals surface area (Å²) in [6.07, 6.45) is 4.36. The van der Waals surface area contributed by atoms with Crippen LogP contribution in [0.4, 0.5) is 0 Å². The van der Waals surface area contributed by atoms with Crippen molar-refractivity contribution in [1.29, 1.82) is 0 Å². The molecule has 2 aromatic heterocycles. The fourth-order valence-corrected chi connectivity index (χ4v) is 3.56. The molecule has 0 unspecified atom stereocenters. The van der Waals surface area contributed by atoms with E-state index in [4.69, 9.17) is 0 Å². The summed E-state index contributed by atoms with van der Waals surface area (Å²) in [5.41, 5.74) is 4.54. The zero-order chi connectivity index (χ0) is 17.9. The van der Waals surface area contributed by atoms with Crippen LogP contribution in [0.1, 0.15) is 42.0 Å². The van der Waals surface area contributed by atoms with Gasteiger partial charge in [-0.2, -0.15) is 10.2 Å². The Morgan fingerprint density at radius 3 is 2.73 bits per heavy atom. The van der Waals surface area contributed by atoms with Crippen LogP contribution < -0.4 is 0 Å². The van der Waals surface area contributed by atoms with Crippen LogP contribution in [0.5, 0.6) is 0 Å². The molecule has 4 rings (SSSR count). The molecule has 0 saturated carbocycles. The summed E-state index contributed by atoms with van der Waals surface area (Å²) < 4.78 is 4.00. The van der Waals surface area contributed by atoms with Gasteiger partial charge in [0.2, 0.25) is 0 Å². The predicted molar refractivity (Wildman–Crippen MR) is 99.4 cm³/mol. The minimum atomic E-state index is -0.512. The van der Waals surface area contributed by atoms with Crippen molar-refractivity contribution in [1.82, 2.24) is 24.5 Å². The molecule has 3 aromatic rings. The molecule has 6 heteroatoms. The van der Waals surface area contributed by atoms with Crippen LogP contribution in [0.25, 0.3) is 0 Å². The van der Waals surface area contributed by atoms with Crippen LogP contribution in [0.15, 0.2) is 48.8 Å². The van der Waals surface area contributed by atoms with Crippen molar-refractivity contribution in [2.45, 2.75) is 45.6 Å². The number of rotatable bonds is 5. The van der Waals surface area contributed by atoms with Crippen LogP contribution in [0.3, 0.4) is 0 Å². The number of hydrogen-bond acceptors (Lipinski definition) is 4. The standard InChI is InChI=1S/C20H25N5O/c1-16(26)20-12-19-15-23(8-4-10-25(19)22-20)13-17-5-2-6-18(11-17)14-24-9-3-7-21-24/h2-3,5-7,9,11-12,16,26H,4,8,10,13-15H2,1H3/t16-/m1/s1. The van der Waals surface area contributed by atoms with E-state index < -0.39 is 6.10 Å². The Hall–Kier alpha value is -2.44. The summed E-state index contributed by atoms with van der Waals surface area (Å²) >= 11 is 0.